The zero-order chi connectivity index (χ0) is 14.0. The summed E-state index contributed by atoms with van der Waals surface area (Å²) in [4.78, 5) is 0. The lowest BCUT2D eigenvalue weighted by Gasteiger charge is -2.24. The lowest BCUT2D eigenvalue weighted by Crippen LogP contribution is -2.06. The second kappa shape index (κ2) is 6.30. The first-order chi connectivity index (χ1) is 8.31. The number of rotatable bonds is 4. The Labute approximate surface area is 122 Å². The number of hydrogen-bond donors (Lipinski definition) is 0. The molecule has 0 aliphatic rings. The summed E-state index contributed by atoms with van der Waals surface area (Å²) in [6.07, 6.45) is 0. The number of benzene rings is 1. The third-order valence-electron chi connectivity index (χ3n) is 3.43. The van der Waals surface area contributed by atoms with Gasteiger partial charge in [-0.05, 0) is 40.0 Å². The maximum atomic E-state index is 6.60. The Morgan fingerprint density at radius 2 is 1.39 bits per heavy atom. The fourth-order valence-electron chi connectivity index (χ4n) is 2.45. The first-order valence-electron chi connectivity index (χ1n) is 6.72. The van der Waals surface area contributed by atoms with E-state index in [4.69, 9.17) is 23.2 Å². The minimum atomic E-state index is 0.405. The molecule has 1 aromatic carbocycles. The van der Waals surface area contributed by atoms with Crippen LogP contribution < -0.4 is 0 Å². The Balaban J connectivity index is 3.64. The largest absolute Gasteiger partial charge is 0.122 e. The molecule has 0 N–H and O–H groups in total. The van der Waals surface area contributed by atoms with Gasteiger partial charge in [-0.1, -0.05) is 59.2 Å². The van der Waals surface area contributed by atoms with E-state index in [1.165, 1.54) is 22.3 Å². The van der Waals surface area contributed by atoms with Gasteiger partial charge in [-0.3, -0.25) is 0 Å². The lowest BCUT2D eigenvalue weighted by atomic mass is 9.85. The summed E-state index contributed by atoms with van der Waals surface area (Å²) in [5.41, 5.74) is 5.07. The van der Waals surface area contributed by atoms with Gasteiger partial charge in [-0.2, -0.15) is 0 Å². The average Bonchev–Trinajstić information content (AvgIpc) is 2.26. The molecule has 0 heterocycles. The topological polar surface area (TPSA) is 0 Å². The van der Waals surface area contributed by atoms with Crippen LogP contribution in [-0.2, 0) is 5.88 Å². The van der Waals surface area contributed by atoms with Gasteiger partial charge in [0.1, 0.15) is 0 Å². The fraction of sp³-hybridized carbons (Fsp3) is 0.625. The molecule has 0 saturated carbocycles. The SMILES string of the molecule is CC(C)c1cc(C(C)C)c(CCl)c(C(C)C)c1Cl. The summed E-state index contributed by atoms with van der Waals surface area (Å²) in [5, 5.41) is 0.917. The van der Waals surface area contributed by atoms with Crippen LogP contribution in [0.1, 0.15) is 81.5 Å². The van der Waals surface area contributed by atoms with Crippen molar-refractivity contribution < 1.29 is 0 Å². The first kappa shape index (κ1) is 15.9. The molecule has 0 aliphatic carbocycles. The van der Waals surface area contributed by atoms with Gasteiger partial charge in [0.05, 0.1) is 0 Å². The van der Waals surface area contributed by atoms with Gasteiger partial charge in [-0.15, -0.1) is 11.6 Å². The zero-order valence-corrected chi connectivity index (χ0v) is 13.8. The highest BCUT2D eigenvalue weighted by atomic mass is 35.5. The van der Waals surface area contributed by atoms with Gasteiger partial charge < -0.3 is 0 Å². The molecule has 0 radical (unpaired) electrons. The van der Waals surface area contributed by atoms with Crippen LogP contribution >= 0.6 is 23.2 Å². The van der Waals surface area contributed by atoms with E-state index >= 15 is 0 Å². The molecule has 0 amide bonds. The highest BCUT2D eigenvalue weighted by Crippen LogP contribution is 2.39. The molecular formula is C16H24Cl2. The highest BCUT2D eigenvalue weighted by molar-refractivity contribution is 6.32. The van der Waals surface area contributed by atoms with E-state index in [0.29, 0.717) is 23.6 Å². The van der Waals surface area contributed by atoms with Gasteiger partial charge in [0.15, 0.2) is 0 Å². The summed E-state index contributed by atoms with van der Waals surface area (Å²) in [5.74, 6) is 1.87. The molecule has 0 aliphatic heterocycles. The van der Waals surface area contributed by atoms with Gasteiger partial charge in [0.2, 0.25) is 0 Å². The van der Waals surface area contributed by atoms with Crippen LogP contribution in [-0.4, -0.2) is 0 Å². The minimum absolute atomic E-state index is 0.405. The van der Waals surface area contributed by atoms with Crippen LogP contribution in [0.2, 0.25) is 5.02 Å². The highest BCUT2D eigenvalue weighted by Gasteiger charge is 2.21. The van der Waals surface area contributed by atoms with Crippen molar-refractivity contribution in [3.05, 3.63) is 33.3 Å². The third kappa shape index (κ3) is 3.03. The standard InChI is InChI=1S/C16H24Cl2/c1-9(2)12-7-13(10(3)4)16(18)15(11(5)6)14(12)8-17/h7,9-11H,8H2,1-6H3. The molecule has 0 nitrogen and oxygen atoms in total. The number of hydrogen-bond acceptors (Lipinski definition) is 0. The summed E-state index contributed by atoms with van der Waals surface area (Å²) in [7, 11) is 0. The van der Waals surface area contributed by atoms with Crippen molar-refractivity contribution in [3.63, 3.8) is 0 Å². The minimum Gasteiger partial charge on any atom is -0.122 e. The summed E-state index contributed by atoms with van der Waals surface area (Å²) in [6.45, 7) is 13.2. The van der Waals surface area contributed by atoms with E-state index in [2.05, 4.69) is 47.6 Å². The molecule has 1 rings (SSSR count). The van der Waals surface area contributed by atoms with E-state index in [9.17, 15) is 0 Å². The summed E-state index contributed by atoms with van der Waals surface area (Å²) >= 11 is 12.8. The van der Waals surface area contributed by atoms with Crippen LogP contribution in [0.4, 0.5) is 0 Å². The van der Waals surface area contributed by atoms with Crippen molar-refractivity contribution in [2.45, 2.75) is 65.2 Å². The molecular weight excluding hydrogens is 263 g/mol. The maximum Gasteiger partial charge on any atom is 0.0480 e. The molecule has 0 bridgehead atoms. The van der Waals surface area contributed by atoms with Gasteiger partial charge in [0.25, 0.3) is 0 Å². The normalized spacial score (nSPS) is 11.9. The Morgan fingerprint density at radius 3 is 1.72 bits per heavy atom. The predicted molar refractivity (Wildman–Crippen MR) is 83.3 cm³/mol. The Hall–Kier alpha value is -0.200. The van der Waals surface area contributed by atoms with Crippen LogP contribution in [0.25, 0.3) is 0 Å². The smallest absolute Gasteiger partial charge is 0.0480 e. The van der Waals surface area contributed by atoms with E-state index in [-0.39, 0.29) is 0 Å². The van der Waals surface area contributed by atoms with E-state index in [0.717, 1.165) is 5.02 Å². The molecule has 0 spiro atoms. The van der Waals surface area contributed by atoms with Gasteiger partial charge >= 0.3 is 0 Å². The number of halogens is 2. The van der Waals surface area contributed by atoms with E-state index in [1.807, 2.05) is 0 Å². The molecule has 0 fully saturated rings. The molecule has 102 valence electrons. The zero-order valence-electron chi connectivity index (χ0n) is 12.3. The number of alkyl halides is 1. The van der Waals surface area contributed by atoms with Crippen molar-refractivity contribution in [1.29, 1.82) is 0 Å². The molecule has 0 aromatic heterocycles. The van der Waals surface area contributed by atoms with E-state index < -0.39 is 0 Å². The van der Waals surface area contributed by atoms with Crippen molar-refractivity contribution >= 4 is 23.2 Å². The molecule has 0 atom stereocenters. The lowest BCUT2D eigenvalue weighted by molar-refractivity contribution is 0.789. The maximum absolute atomic E-state index is 6.60. The summed E-state index contributed by atoms with van der Waals surface area (Å²) < 4.78 is 0. The van der Waals surface area contributed by atoms with Gasteiger partial charge in [0, 0.05) is 10.9 Å². The van der Waals surface area contributed by atoms with Crippen molar-refractivity contribution in [3.8, 4) is 0 Å². The van der Waals surface area contributed by atoms with Gasteiger partial charge in [-0.25, -0.2) is 0 Å². The fourth-order valence-corrected chi connectivity index (χ4v) is 3.35. The average molecular weight is 287 g/mol. The quantitative estimate of drug-likeness (QED) is 0.558. The Morgan fingerprint density at radius 1 is 0.889 bits per heavy atom. The van der Waals surface area contributed by atoms with Crippen LogP contribution in [0, 0.1) is 0 Å². The van der Waals surface area contributed by atoms with Crippen molar-refractivity contribution in [2.75, 3.05) is 0 Å². The van der Waals surface area contributed by atoms with Crippen LogP contribution in [0.3, 0.4) is 0 Å². The monoisotopic (exact) mass is 286 g/mol. The Kier molecular flexibility index (Phi) is 5.55. The van der Waals surface area contributed by atoms with Crippen LogP contribution in [0.15, 0.2) is 6.07 Å². The summed E-state index contributed by atoms with van der Waals surface area (Å²) in [6, 6.07) is 2.25. The molecule has 1 aromatic rings. The van der Waals surface area contributed by atoms with Crippen molar-refractivity contribution in [2.24, 2.45) is 0 Å². The third-order valence-corrected chi connectivity index (χ3v) is 4.12. The second-order valence-corrected chi connectivity index (χ2v) is 6.50. The molecule has 0 unspecified atom stereocenters. The molecule has 2 heteroatoms. The van der Waals surface area contributed by atoms with Crippen LogP contribution in [0.5, 0.6) is 0 Å². The Bertz CT molecular complexity index is 418. The second-order valence-electron chi connectivity index (χ2n) is 5.86. The van der Waals surface area contributed by atoms with Crippen molar-refractivity contribution in [1.82, 2.24) is 0 Å². The first-order valence-corrected chi connectivity index (χ1v) is 7.63. The molecule has 18 heavy (non-hydrogen) atoms. The van der Waals surface area contributed by atoms with E-state index in [1.54, 1.807) is 0 Å². The predicted octanol–water partition coefficient (Wildman–Crippen LogP) is 6.45. The molecule has 0 saturated heterocycles.